The summed E-state index contributed by atoms with van der Waals surface area (Å²) in [5, 5.41) is 27.9. The number of benzene rings is 1. The van der Waals surface area contributed by atoms with Crippen molar-refractivity contribution in [3.63, 3.8) is 0 Å². The lowest BCUT2D eigenvalue weighted by molar-refractivity contribution is -0.139. The Balaban J connectivity index is 3.01. The zero-order valence-electron chi connectivity index (χ0n) is 10.2. The largest absolute Gasteiger partial charge is 0.507 e. The number of halogens is 3. The maximum Gasteiger partial charge on any atom is 0.423 e. The molecule has 0 aliphatic rings. The summed E-state index contributed by atoms with van der Waals surface area (Å²) in [5.41, 5.74) is -5.10. The predicted molar refractivity (Wildman–Crippen MR) is 64.2 cm³/mol. The van der Waals surface area contributed by atoms with Gasteiger partial charge in [-0.1, -0.05) is 0 Å². The highest BCUT2D eigenvalue weighted by Gasteiger charge is 2.38. The smallest absolute Gasteiger partial charge is 0.423 e. The summed E-state index contributed by atoms with van der Waals surface area (Å²) in [6.45, 7) is -0.954. The van der Waals surface area contributed by atoms with Crippen LogP contribution in [0.2, 0.25) is 0 Å². The summed E-state index contributed by atoms with van der Waals surface area (Å²) < 4.78 is 38.9. The molecule has 1 aromatic carbocycles. The Morgan fingerprint density at radius 3 is 2.38 bits per heavy atom. The van der Waals surface area contributed by atoms with Crippen molar-refractivity contribution in [1.29, 1.82) is 0 Å². The fourth-order valence-electron chi connectivity index (χ4n) is 1.98. The molecular formula is C11H9F3N2O5. The number of phenols is 2. The number of aliphatic hydroxyl groups excluding tert-OH is 1. The maximum absolute atomic E-state index is 12.7. The van der Waals surface area contributed by atoms with E-state index in [0.717, 1.165) is 0 Å². The number of fused-ring (bicyclic) bond motifs is 1. The third kappa shape index (κ3) is 2.33. The van der Waals surface area contributed by atoms with E-state index < -0.39 is 46.5 Å². The molecule has 0 spiro atoms. The lowest BCUT2D eigenvalue weighted by Gasteiger charge is -2.15. The molecule has 4 N–H and O–H groups in total. The molecule has 0 saturated carbocycles. The number of aliphatic hydroxyl groups is 1. The molecule has 0 unspecified atom stereocenters. The molecule has 10 heteroatoms. The first-order valence-electron chi connectivity index (χ1n) is 5.58. The summed E-state index contributed by atoms with van der Waals surface area (Å²) in [4.78, 5) is 24.8. The van der Waals surface area contributed by atoms with Crippen LogP contribution in [0.15, 0.2) is 15.7 Å². The average molecular weight is 306 g/mol. The van der Waals surface area contributed by atoms with Crippen molar-refractivity contribution in [3.05, 3.63) is 32.3 Å². The zero-order chi connectivity index (χ0) is 15.9. The number of H-pyrrole nitrogens is 1. The number of alkyl halides is 3. The predicted octanol–water partition coefficient (Wildman–Crippen LogP) is 0.112. The van der Waals surface area contributed by atoms with Gasteiger partial charge in [0.25, 0.3) is 0 Å². The SMILES string of the molecule is O=c1[nH]c2c(O)c(C(F)(F)F)c(O)cc2n(CCO)c1=O. The Kier molecular flexibility index (Phi) is 3.41. The van der Waals surface area contributed by atoms with Crippen LogP contribution in [0.3, 0.4) is 0 Å². The minimum Gasteiger partial charge on any atom is -0.507 e. The van der Waals surface area contributed by atoms with Crippen molar-refractivity contribution in [2.45, 2.75) is 12.7 Å². The molecule has 0 fully saturated rings. The van der Waals surface area contributed by atoms with Gasteiger partial charge in [0, 0.05) is 12.6 Å². The van der Waals surface area contributed by atoms with Crippen molar-refractivity contribution in [2.75, 3.05) is 6.61 Å². The van der Waals surface area contributed by atoms with Gasteiger partial charge in [-0.2, -0.15) is 13.2 Å². The number of hydrogen-bond donors (Lipinski definition) is 4. The molecule has 1 heterocycles. The highest BCUT2D eigenvalue weighted by Crippen LogP contribution is 2.44. The van der Waals surface area contributed by atoms with Crippen LogP contribution in [0.25, 0.3) is 11.0 Å². The van der Waals surface area contributed by atoms with E-state index in [4.69, 9.17) is 5.11 Å². The third-order valence-electron chi connectivity index (χ3n) is 2.84. The van der Waals surface area contributed by atoms with Gasteiger partial charge in [-0.05, 0) is 0 Å². The van der Waals surface area contributed by atoms with E-state index in [1.54, 1.807) is 0 Å². The molecule has 0 aliphatic carbocycles. The standard InChI is InChI=1S/C11H9F3N2O5/c12-11(13,14)6-5(18)3-4-7(8(6)19)15-9(20)10(21)16(4)1-2-17/h3,17-19H,1-2H2,(H,15,20). The van der Waals surface area contributed by atoms with E-state index in [9.17, 15) is 33.0 Å². The first-order chi connectivity index (χ1) is 9.68. The van der Waals surface area contributed by atoms with E-state index in [1.807, 2.05) is 4.98 Å². The first kappa shape index (κ1) is 14.9. The van der Waals surface area contributed by atoms with Crippen molar-refractivity contribution >= 4 is 11.0 Å². The lowest BCUT2D eigenvalue weighted by Crippen LogP contribution is -2.37. The zero-order valence-corrected chi connectivity index (χ0v) is 10.2. The van der Waals surface area contributed by atoms with Gasteiger partial charge in [0.15, 0.2) is 5.75 Å². The number of nitrogens with zero attached hydrogens (tertiary/aromatic N) is 1. The first-order valence-corrected chi connectivity index (χ1v) is 5.58. The molecule has 1 aromatic heterocycles. The number of aromatic hydroxyl groups is 2. The highest BCUT2D eigenvalue weighted by molar-refractivity contribution is 5.85. The second-order valence-electron chi connectivity index (χ2n) is 4.15. The fourth-order valence-corrected chi connectivity index (χ4v) is 1.98. The summed E-state index contributed by atoms with van der Waals surface area (Å²) >= 11 is 0. The van der Waals surface area contributed by atoms with E-state index in [2.05, 4.69) is 0 Å². The molecule has 0 amide bonds. The van der Waals surface area contributed by atoms with E-state index in [1.165, 1.54) is 0 Å². The number of rotatable bonds is 2. The van der Waals surface area contributed by atoms with Crippen LogP contribution >= 0.6 is 0 Å². The Bertz CT molecular complexity index is 822. The van der Waals surface area contributed by atoms with Crippen LogP contribution in [0.5, 0.6) is 11.5 Å². The quantitative estimate of drug-likeness (QED) is 0.588. The molecule has 0 saturated heterocycles. The average Bonchev–Trinajstić information content (AvgIpc) is 2.35. The molecule has 2 aromatic rings. The van der Waals surface area contributed by atoms with Gasteiger partial charge in [-0.25, -0.2) is 0 Å². The van der Waals surface area contributed by atoms with Crippen LogP contribution in [-0.4, -0.2) is 31.5 Å². The highest BCUT2D eigenvalue weighted by atomic mass is 19.4. The Labute approximate surface area is 113 Å². The molecule has 2 rings (SSSR count). The molecule has 0 radical (unpaired) electrons. The normalized spacial score (nSPS) is 12.0. The lowest BCUT2D eigenvalue weighted by atomic mass is 10.1. The number of phenolic OH excluding ortho intramolecular Hbond substituents is 2. The molecule has 114 valence electrons. The molecule has 0 bridgehead atoms. The van der Waals surface area contributed by atoms with Crippen molar-refractivity contribution in [3.8, 4) is 11.5 Å². The Morgan fingerprint density at radius 1 is 1.24 bits per heavy atom. The fraction of sp³-hybridized carbons (Fsp3) is 0.273. The third-order valence-corrected chi connectivity index (χ3v) is 2.84. The van der Waals surface area contributed by atoms with Crippen molar-refractivity contribution in [2.24, 2.45) is 0 Å². The molecule has 0 atom stereocenters. The summed E-state index contributed by atoms with van der Waals surface area (Å²) in [5.74, 6) is -2.70. The Hall–Kier alpha value is -2.49. The van der Waals surface area contributed by atoms with Gasteiger partial charge in [0.05, 0.1) is 12.1 Å². The number of aromatic amines is 1. The second kappa shape index (κ2) is 4.81. The maximum atomic E-state index is 12.7. The topological polar surface area (TPSA) is 116 Å². The molecular weight excluding hydrogens is 297 g/mol. The van der Waals surface area contributed by atoms with Crippen molar-refractivity contribution in [1.82, 2.24) is 9.55 Å². The van der Waals surface area contributed by atoms with Crippen LogP contribution in [0, 0.1) is 0 Å². The summed E-state index contributed by atoms with van der Waals surface area (Å²) in [6.07, 6.45) is -5.06. The van der Waals surface area contributed by atoms with Crippen LogP contribution in [0.4, 0.5) is 13.2 Å². The van der Waals surface area contributed by atoms with Gasteiger partial charge in [0.2, 0.25) is 0 Å². The van der Waals surface area contributed by atoms with E-state index >= 15 is 0 Å². The Morgan fingerprint density at radius 2 is 1.86 bits per heavy atom. The van der Waals surface area contributed by atoms with Gasteiger partial charge in [0.1, 0.15) is 16.8 Å². The van der Waals surface area contributed by atoms with Gasteiger partial charge < -0.3 is 20.3 Å². The molecule has 0 aliphatic heterocycles. The molecule has 7 nitrogen and oxygen atoms in total. The van der Waals surface area contributed by atoms with Crippen molar-refractivity contribution < 1.29 is 28.5 Å². The van der Waals surface area contributed by atoms with Crippen LogP contribution < -0.4 is 11.1 Å². The second-order valence-corrected chi connectivity index (χ2v) is 4.15. The van der Waals surface area contributed by atoms with Crippen LogP contribution in [-0.2, 0) is 12.7 Å². The number of hydrogen-bond acceptors (Lipinski definition) is 5. The van der Waals surface area contributed by atoms with Gasteiger partial charge in [-0.15, -0.1) is 0 Å². The number of aromatic nitrogens is 2. The van der Waals surface area contributed by atoms with Gasteiger partial charge >= 0.3 is 17.3 Å². The van der Waals surface area contributed by atoms with Crippen LogP contribution in [0.1, 0.15) is 5.56 Å². The summed E-state index contributed by atoms with van der Waals surface area (Å²) in [6, 6.07) is 0.588. The van der Waals surface area contributed by atoms with Gasteiger partial charge in [-0.3, -0.25) is 14.2 Å². The van der Waals surface area contributed by atoms with E-state index in [0.29, 0.717) is 10.6 Å². The minimum absolute atomic E-state index is 0.336. The monoisotopic (exact) mass is 306 g/mol. The number of nitrogens with one attached hydrogen (secondary N) is 1. The van der Waals surface area contributed by atoms with E-state index in [-0.39, 0.29) is 12.1 Å². The summed E-state index contributed by atoms with van der Waals surface area (Å²) in [7, 11) is 0. The minimum atomic E-state index is -5.06. The molecule has 21 heavy (non-hydrogen) atoms.